The first kappa shape index (κ1) is 16.9. The van der Waals surface area contributed by atoms with E-state index in [4.69, 9.17) is 5.11 Å². The number of hydrogen-bond donors (Lipinski definition) is 3. The first-order valence-electron chi connectivity index (χ1n) is 7.00. The van der Waals surface area contributed by atoms with E-state index in [1.165, 1.54) is 23.9 Å². The third-order valence-corrected chi connectivity index (χ3v) is 4.42. The van der Waals surface area contributed by atoms with Gasteiger partial charge in [-0.2, -0.15) is 0 Å². The molecule has 0 spiro atoms. The molecule has 0 aliphatic heterocycles. The van der Waals surface area contributed by atoms with Crippen LogP contribution in [-0.4, -0.2) is 27.3 Å². The number of nitrogens with one attached hydrogen (secondary N) is 1. The van der Waals surface area contributed by atoms with Crippen LogP contribution in [0.5, 0.6) is 5.75 Å². The van der Waals surface area contributed by atoms with E-state index in [2.05, 4.69) is 5.32 Å². The number of carbonyl (C=O) groups is 2. The van der Waals surface area contributed by atoms with Crippen molar-refractivity contribution in [3.63, 3.8) is 0 Å². The highest BCUT2D eigenvalue weighted by Gasteiger charge is 2.18. The summed E-state index contributed by atoms with van der Waals surface area (Å²) in [5, 5.41) is 20.7. The Labute approximate surface area is 138 Å². The second-order valence-electron chi connectivity index (χ2n) is 4.96. The molecule has 1 amide bonds. The van der Waals surface area contributed by atoms with Gasteiger partial charge >= 0.3 is 5.97 Å². The average Bonchev–Trinajstić information content (AvgIpc) is 2.55. The lowest BCUT2D eigenvalue weighted by Crippen LogP contribution is -2.23. The number of phenols is 1. The second kappa shape index (κ2) is 7.69. The molecule has 3 N–H and O–H groups in total. The Hall–Kier alpha value is -2.47. The van der Waals surface area contributed by atoms with E-state index in [0.29, 0.717) is 5.75 Å². The molecule has 0 aliphatic carbocycles. The number of aromatic hydroxyl groups is 1. The number of rotatable bonds is 6. The minimum Gasteiger partial charge on any atom is -0.508 e. The minimum atomic E-state index is -1.21. The van der Waals surface area contributed by atoms with Gasteiger partial charge in [-0.15, -0.1) is 11.8 Å². The van der Waals surface area contributed by atoms with Crippen LogP contribution in [0.15, 0.2) is 48.5 Å². The van der Waals surface area contributed by atoms with Crippen LogP contribution in [0.3, 0.4) is 0 Å². The lowest BCUT2D eigenvalue weighted by Gasteiger charge is -2.13. The van der Waals surface area contributed by atoms with Crippen molar-refractivity contribution in [2.75, 3.05) is 5.32 Å². The van der Waals surface area contributed by atoms with Gasteiger partial charge in [0.15, 0.2) is 0 Å². The Bertz CT molecular complexity index is 703. The Balaban J connectivity index is 2.00. The van der Waals surface area contributed by atoms with Gasteiger partial charge in [0, 0.05) is 5.75 Å². The number of aromatic carboxylic acids is 1. The van der Waals surface area contributed by atoms with Crippen LogP contribution >= 0.6 is 11.8 Å². The molecule has 0 fully saturated rings. The summed E-state index contributed by atoms with van der Waals surface area (Å²) < 4.78 is 0. The van der Waals surface area contributed by atoms with E-state index >= 15 is 0 Å². The van der Waals surface area contributed by atoms with Crippen molar-refractivity contribution in [1.29, 1.82) is 0 Å². The number of carboxylic acid groups (broad SMARTS) is 1. The minimum absolute atomic E-state index is 0.140. The van der Waals surface area contributed by atoms with Crippen LogP contribution < -0.4 is 5.32 Å². The van der Waals surface area contributed by atoms with Crippen LogP contribution in [-0.2, 0) is 10.5 Å². The zero-order valence-corrected chi connectivity index (χ0v) is 13.3. The maximum atomic E-state index is 12.2. The van der Waals surface area contributed by atoms with Gasteiger partial charge in [0.1, 0.15) is 5.75 Å². The molecule has 5 nitrogen and oxygen atoms in total. The zero-order chi connectivity index (χ0) is 16.8. The molecular weight excluding hydrogens is 314 g/mol. The lowest BCUT2D eigenvalue weighted by atomic mass is 10.1. The number of anilines is 1. The Morgan fingerprint density at radius 1 is 1.17 bits per heavy atom. The maximum Gasteiger partial charge on any atom is 0.337 e. The maximum absolute atomic E-state index is 12.2. The molecule has 6 heteroatoms. The summed E-state index contributed by atoms with van der Waals surface area (Å²) in [7, 11) is 0. The molecule has 0 aliphatic rings. The number of thioether (sulfide) groups is 1. The highest BCUT2D eigenvalue weighted by molar-refractivity contribution is 7.99. The molecule has 2 aromatic rings. The zero-order valence-electron chi connectivity index (χ0n) is 12.5. The Kier molecular flexibility index (Phi) is 5.65. The number of carboxylic acids is 1. The molecule has 0 radical (unpaired) electrons. The van der Waals surface area contributed by atoms with Crippen LogP contribution in [0.4, 0.5) is 5.69 Å². The van der Waals surface area contributed by atoms with Gasteiger partial charge in [0.2, 0.25) is 5.91 Å². The van der Waals surface area contributed by atoms with Crippen LogP contribution in [0.1, 0.15) is 22.8 Å². The van der Waals surface area contributed by atoms with E-state index < -0.39 is 5.97 Å². The third-order valence-electron chi connectivity index (χ3n) is 3.20. The van der Waals surface area contributed by atoms with Gasteiger partial charge in [0.05, 0.1) is 16.5 Å². The van der Waals surface area contributed by atoms with Crippen molar-refractivity contribution >= 4 is 29.3 Å². The van der Waals surface area contributed by atoms with Crippen LogP contribution in [0.25, 0.3) is 0 Å². The van der Waals surface area contributed by atoms with Crippen molar-refractivity contribution in [1.82, 2.24) is 0 Å². The van der Waals surface area contributed by atoms with Gasteiger partial charge in [-0.25, -0.2) is 4.79 Å². The molecule has 2 aromatic carbocycles. The number of hydrogen-bond acceptors (Lipinski definition) is 4. The third kappa shape index (κ3) is 4.75. The second-order valence-corrected chi connectivity index (χ2v) is 6.29. The molecular formula is C17H17NO4S. The monoisotopic (exact) mass is 331 g/mol. The van der Waals surface area contributed by atoms with Crippen molar-refractivity contribution in [3.05, 3.63) is 59.7 Å². The van der Waals surface area contributed by atoms with Crippen molar-refractivity contribution in [3.8, 4) is 5.75 Å². The largest absolute Gasteiger partial charge is 0.508 e. The molecule has 0 bridgehead atoms. The smallest absolute Gasteiger partial charge is 0.337 e. The van der Waals surface area contributed by atoms with Crippen molar-refractivity contribution < 1.29 is 19.8 Å². The van der Waals surface area contributed by atoms with Gasteiger partial charge in [-0.3, -0.25) is 4.79 Å². The molecule has 0 aromatic heterocycles. The number of carbonyl (C=O) groups excluding carboxylic acids is 1. The SMILES string of the molecule is CC(SCc1ccccc1)C(=O)Nc1ccc(O)cc1C(=O)O. The average molecular weight is 331 g/mol. The molecule has 0 saturated heterocycles. The first-order valence-corrected chi connectivity index (χ1v) is 8.05. The van der Waals surface area contributed by atoms with Crippen LogP contribution in [0, 0.1) is 0 Å². The fraction of sp³-hybridized carbons (Fsp3) is 0.176. The van der Waals surface area contributed by atoms with E-state index in [1.54, 1.807) is 6.92 Å². The topological polar surface area (TPSA) is 86.6 Å². The number of phenolic OH excluding ortho intramolecular Hbond substituents is 1. The summed E-state index contributed by atoms with van der Waals surface area (Å²) in [6.45, 7) is 1.77. The van der Waals surface area contributed by atoms with Crippen molar-refractivity contribution in [2.45, 2.75) is 17.9 Å². The Morgan fingerprint density at radius 3 is 2.52 bits per heavy atom. The predicted molar refractivity (Wildman–Crippen MR) is 90.9 cm³/mol. The van der Waals surface area contributed by atoms with E-state index in [1.807, 2.05) is 30.3 Å². The fourth-order valence-electron chi connectivity index (χ4n) is 1.92. The van der Waals surface area contributed by atoms with Crippen molar-refractivity contribution in [2.24, 2.45) is 0 Å². The summed E-state index contributed by atoms with van der Waals surface area (Å²) >= 11 is 1.47. The summed E-state index contributed by atoms with van der Waals surface area (Å²) in [5.41, 5.74) is 1.15. The van der Waals surface area contributed by atoms with E-state index in [-0.39, 0.29) is 28.2 Å². The standard InChI is InChI=1S/C17H17NO4S/c1-11(23-10-12-5-3-2-4-6-12)16(20)18-15-8-7-13(19)9-14(15)17(21)22/h2-9,11,19H,10H2,1H3,(H,18,20)(H,21,22). The number of amides is 1. The molecule has 1 atom stereocenters. The fourth-order valence-corrected chi connectivity index (χ4v) is 2.77. The lowest BCUT2D eigenvalue weighted by molar-refractivity contribution is -0.115. The van der Waals surface area contributed by atoms with Gasteiger partial charge in [-0.1, -0.05) is 30.3 Å². The molecule has 2 rings (SSSR count). The Morgan fingerprint density at radius 2 is 1.87 bits per heavy atom. The van der Waals surface area contributed by atoms with E-state index in [0.717, 1.165) is 11.6 Å². The summed E-state index contributed by atoms with van der Waals surface area (Å²) in [5.74, 6) is -0.955. The predicted octanol–water partition coefficient (Wildman–Crippen LogP) is 3.35. The van der Waals surface area contributed by atoms with Gasteiger partial charge < -0.3 is 15.5 Å². The normalized spacial score (nSPS) is 11.7. The van der Waals surface area contributed by atoms with Gasteiger partial charge in [-0.05, 0) is 30.7 Å². The summed E-state index contributed by atoms with van der Waals surface area (Å²) in [6.07, 6.45) is 0. The first-order chi connectivity index (χ1) is 11.0. The quantitative estimate of drug-likeness (QED) is 0.707. The highest BCUT2D eigenvalue weighted by Crippen LogP contribution is 2.23. The molecule has 120 valence electrons. The molecule has 23 heavy (non-hydrogen) atoms. The van der Waals surface area contributed by atoms with Crippen LogP contribution in [0.2, 0.25) is 0 Å². The highest BCUT2D eigenvalue weighted by atomic mass is 32.2. The molecule has 0 saturated carbocycles. The van der Waals surface area contributed by atoms with Gasteiger partial charge in [0.25, 0.3) is 0 Å². The molecule has 0 heterocycles. The number of benzene rings is 2. The summed E-state index contributed by atoms with van der Waals surface area (Å²) in [4.78, 5) is 23.4. The van der Waals surface area contributed by atoms with E-state index in [9.17, 15) is 14.7 Å². The molecule has 1 unspecified atom stereocenters. The summed E-state index contributed by atoms with van der Waals surface area (Å²) in [6, 6.07) is 13.6.